The summed E-state index contributed by atoms with van der Waals surface area (Å²) >= 11 is 9.21. The molecule has 108 valence electrons. The van der Waals surface area contributed by atoms with Gasteiger partial charge in [-0.25, -0.2) is 0 Å². The maximum atomic E-state index is 12.1. The van der Waals surface area contributed by atoms with E-state index in [9.17, 15) is 9.59 Å². The highest BCUT2D eigenvalue weighted by Crippen LogP contribution is 2.20. The Morgan fingerprint density at radius 1 is 1.00 bits per heavy atom. The van der Waals surface area contributed by atoms with Crippen LogP contribution in [0.4, 0.5) is 5.69 Å². The van der Waals surface area contributed by atoms with E-state index < -0.39 is 0 Å². The van der Waals surface area contributed by atoms with Gasteiger partial charge in [0.1, 0.15) is 0 Å². The number of hydrogen-bond donors (Lipinski definition) is 2. The predicted molar refractivity (Wildman–Crippen MR) is 86.9 cm³/mol. The van der Waals surface area contributed by atoms with E-state index in [1.165, 1.54) is 0 Å². The van der Waals surface area contributed by atoms with Crippen molar-refractivity contribution < 1.29 is 9.59 Å². The zero-order valence-corrected chi connectivity index (χ0v) is 13.5. The zero-order chi connectivity index (χ0) is 15.4. The van der Waals surface area contributed by atoms with Crippen molar-refractivity contribution >= 4 is 45.0 Å². The molecule has 0 saturated carbocycles. The van der Waals surface area contributed by atoms with Crippen LogP contribution in [0.25, 0.3) is 0 Å². The van der Waals surface area contributed by atoms with E-state index >= 15 is 0 Å². The molecule has 0 aliphatic carbocycles. The third kappa shape index (κ3) is 4.06. The summed E-state index contributed by atoms with van der Waals surface area (Å²) in [6, 6.07) is 11.6. The minimum absolute atomic E-state index is 0.174. The summed E-state index contributed by atoms with van der Waals surface area (Å²) < 4.78 is 0.732. The van der Waals surface area contributed by atoms with Crippen molar-refractivity contribution in [3.63, 3.8) is 0 Å². The molecule has 0 aromatic heterocycles. The molecule has 0 radical (unpaired) electrons. The first kappa shape index (κ1) is 15.5. The quantitative estimate of drug-likeness (QED) is 0.869. The summed E-state index contributed by atoms with van der Waals surface area (Å²) in [4.78, 5) is 23.5. The predicted octanol–water partition coefficient (Wildman–Crippen LogP) is 3.71. The van der Waals surface area contributed by atoms with Gasteiger partial charge in [-0.2, -0.15) is 0 Å². The maximum absolute atomic E-state index is 12.1. The van der Waals surface area contributed by atoms with Crippen molar-refractivity contribution in [2.75, 3.05) is 12.4 Å². The normalized spacial score (nSPS) is 10.0. The Hall–Kier alpha value is -1.85. The standard InChI is InChI=1S/C15H12BrClN2O2/c1-18-14(20)9-2-4-13(5-3-9)19-15(21)10-6-11(16)8-12(17)7-10/h2-8H,1H3,(H,18,20)(H,19,21). The van der Waals surface area contributed by atoms with Crippen LogP contribution < -0.4 is 10.6 Å². The van der Waals surface area contributed by atoms with Gasteiger partial charge in [-0.05, 0) is 42.5 Å². The molecule has 0 saturated heterocycles. The number of nitrogens with one attached hydrogen (secondary N) is 2. The molecule has 0 aliphatic heterocycles. The van der Waals surface area contributed by atoms with Gasteiger partial charge in [0, 0.05) is 33.4 Å². The highest BCUT2D eigenvalue weighted by atomic mass is 79.9. The van der Waals surface area contributed by atoms with E-state index in [1.54, 1.807) is 49.5 Å². The van der Waals surface area contributed by atoms with E-state index in [0.29, 0.717) is 21.8 Å². The Morgan fingerprint density at radius 2 is 1.67 bits per heavy atom. The van der Waals surface area contributed by atoms with E-state index in [-0.39, 0.29) is 11.8 Å². The second-order valence-electron chi connectivity index (χ2n) is 4.27. The van der Waals surface area contributed by atoms with Crippen LogP contribution in [0.15, 0.2) is 46.9 Å². The fourth-order valence-corrected chi connectivity index (χ4v) is 2.60. The van der Waals surface area contributed by atoms with Gasteiger partial charge in [0.15, 0.2) is 0 Å². The number of carbonyl (C=O) groups excluding carboxylic acids is 2. The average Bonchev–Trinajstić information content (AvgIpc) is 2.46. The van der Waals surface area contributed by atoms with Crippen molar-refractivity contribution in [1.29, 1.82) is 0 Å². The number of halogens is 2. The zero-order valence-electron chi connectivity index (χ0n) is 11.1. The van der Waals surface area contributed by atoms with Gasteiger partial charge in [0.2, 0.25) is 0 Å². The fraction of sp³-hybridized carbons (Fsp3) is 0.0667. The third-order valence-electron chi connectivity index (χ3n) is 2.76. The molecular weight excluding hydrogens is 356 g/mol. The lowest BCUT2D eigenvalue weighted by Gasteiger charge is -2.07. The Morgan fingerprint density at radius 3 is 2.24 bits per heavy atom. The van der Waals surface area contributed by atoms with Crippen LogP contribution in [0, 0.1) is 0 Å². The lowest BCUT2D eigenvalue weighted by Crippen LogP contribution is -2.17. The van der Waals surface area contributed by atoms with Crippen molar-refractivity contribution in [2.24, 2.45) is 0 Å². The average molecular weight is 368 g/mol. The van der Waals surface area contributed by atoms with E-state index in [0.717, 1.165) is 4.47 Å². The van der Waals surface area contributed by atoms with Crippen LogP contribution in [0.3, 0.4) is 0 Å². The second kappa shape index (κ2) is 6.74. The van der Waals surface area contributed by atoms with Gasteiger partial charge in [-0.3, -0.25) is 9.59 Å². The first-order valence-corrected chi connectivity index (χ1v) is 7.26. The van der Waals surface area contributed by atoms with Crippen LogP contribution in [0.1, 0.15) is 20.7 Å². The van der Waals surface area contributed by atoms with E-state index in [2.05, 4.69) is 26.6 Å². The number of anilines is 1. The van der Waals surface area contributed by atoms with Gasteiger partial charge in [-0.1, -0.05) is 27.5 Å². The Bertz CT molecular complexity index is 666. The number of carbonyl (C=O) groups is 2. The van der Waals surface area contributed by atoms with Crippen LogP contribution >= 0.6 is 27.5 Å². The topological polar surface area (TPSA) is 58.2 Å². The molecule has 0 atom stereocenters. The monoisotopic (exact) mass is 366 g/mol. The van der Waals surface area contributed by atoms with Gasteiger partial charge in [-0.15, -0.1) is 0 Å². The molecule has 2 amide bonds. The minimum atomic E-state index is -0.272. The summed E-state index contributed by atoms with van der Waals surface area (Å²) in [5.41, 5.74) is 1.58. The van der Waals surface area contributed by atoms with Gasteiger partial charge in [0.25, 0.3) is 11.8 Å². The van der Waals surface area contributed by atoms with Crippen molar-refractivity contribution in [3.05, 3.63) is 63.1 Å². The largest absolute Gasteiger partial charge is 0.355 e. The van der Waals surface area contributed by atoms with Gasteiger partial charge < -0.3 is 10.6 Å². The molecule has 2 N–H and O–H groups in total. The number of amides is 2. The maximum Gasteiger partial charge on any atom is 0.255 e. The minimum Gasteiger partial charge on any atom is -0.355 e. The number of rotatable bonds is 3. The molecule has 2 aromatic carbocycles. The molecule has 21 heavy (non-hydrogen) atoms. The molecule has 6 heteroatoms. The van der Waals surface area contributed by atoms with Crippen molar-refractivity contribution in [3.8, 4) is 0 Å². The first-order chi connectivity index (χ1) is 9.99. The highest BCUT2D eigenvalue weighted by molar-refractivity contribution is 9.10. The van der Waals surface area contributed by atoms with Crippen LogP contribution in [-0.2, 0) is 0 Å². The van der Waals surface area contributed by atoms with Crippen molar-refractivity contribution in [2.45, 2.75) is 0 Å². The van der Waals surface area contributed by atoms with Crippen molar-refractivity contribution in [1.82, 2.24) is 5.32 Å². The lowest BCUT2D eigenvalue weighted by atomic mass is 10.1. The molecule has 0 heterocycles. The summed E-state index contributed by atoms with van der Waals surface area (Å²) in [6.45, 7) is 0. The molecule has 0 bridgehead atoms. The Labute approximate surface area is 135 Å². The summed E-state index contributed by atoms with van der Waals surface area (Å²) in [7, 11) is 1.56. The fourth-order valence-electron chi connectivity index (χ4n) is 1.74. The molecule has 0 aliphatic rings. The summed E-state index contributed by atoms with van der Waals surface area (Å²) in [5.74, 6) is -0.447. The third-order valence-corrected chi connectivity index (χ3v) is 3.43. The SMILES string of the molecule is CNC(=O)c1ccc(NC(=O)c2cc(Cl)cc(Br)c2)cc1. The summed E-state index contributed by atoms with van der Waals surface area (Å²) in [6.07, 6.45) is 0. The molecule has 2 aromatic rings. The number of hydrogen-bond acceptors (Lipinski definition) is 2. The Balaban J connectivity index is 2.14. The molecule has 0 fully saturated rings. The highest BCUT2D eigenvalue weighted by Gasteiger charge is 2.09. The smallest absolute Gasteiger partial charge is 0.255 e. The second-order valence-corrected chi connectivity index (χ2v) is 5.62. The summed E-state index contributed by atoms with van der Waals surface area (Å²) in [5, 5.41) is 5.76. The first-order valence-electron chi connectivity index (χ1n) is 6.09. The number of benzene rings is 2. The molecule has 0 spiro atoms. The van der Waals surface area contributed by atoms with Gasteiger partial charge in [0.05, 0.1) is 0 Å². The molecule has 4 nitrogen and oxygen atoms in total. The van der Waals surface area contributed by atoms with E-state index in [1.807, 2.05) is 0 Å². The van der Waals surface area contributed by atoms with Crippen LogP contribution in [0.5, 0.6) is 0 Å². The molecule has 2 rings (SSSR count). The van der Waals surface area contributed by atoms with Crippen LogP contribution in [-0.4, -0.2) is 18.9 Å². The van der Waals surface area contributed by atoms with Gasteiger partial charge >= 0.3 is 0 Å². The molecular formula is C15H12BrClN2O2. The Kier molecular flexibility index (Phi) is 4.98. The molecule has 0 unspecified atom stereocenters. The lowest BCUT2D eigenvalue weighted by molar-refractivity contribution is 0.0962. The van der Waals surface area contributed by atoms with E-state index in [4.69, 9.17) is 11.6 Å². The van der Waals surface area contributed by atoms with Crippen LogP contribution in [0.2, 0.25) is 5.02 Å².